The van der Waals surface area contributed by atoms with Gasteiger partial charge in [0.1, 0.15) is 0 Å². The van der Waals surface area contributed by atoms with Crippen molar-refractivity contribution >= 4 is 9.84 Å². The van der Waals surface area contributed by atoms with E-state index in [2.05, 4.69) is 12.2 Å². The first kappa shape index (κ1) is 17.9. The van der Waals surface area contributed by atoms with E-state index in [0.717, 1.165) is 38.6 Å². The number of nitrogens with one attached hydrogen (secondary N) is 1. The van der Waals surface area contributed by atoms with Crippen LogP contribution < -0.4 is 5.32 Å². The van der Waals surface area contributed by atoms with Crippen LogP contribution in [0.4, 0.5) is 0 Å². The van der Waals surface area contributed by atoms with Crippen LogP contribution in [0.2, 0.25) is 0 Å². The molecule has 4 nitrogen and oxygen atoms in total. The second kappa shape index (κ2) is 9.74. The second-order valence-corrected chi connectivity index (χ2v) is 8.14. The van der Waals surface area contributed by atoms with Gasteiger partial charge in [0, 0.05) is 19.8 Å². The lowest BCUT2D eigenvalue weighted by Gasteiger charge is -2.30. The SMILES string of the molecule is CCCNC1CCCCCCC1S(=O)(=O)CCCOC. The molecule has 0 saturated heterocycles. The minimum absolute atomic E-state index is 0.141. The third kappa shape index (κ3) is 6.10. The summed E-state index contributed by atoms with van der Waals surface area (Å²) in [5.74, 6) is 0.260. The van der Waals surface area contributed by atoms with Crippen LogP contribution in [0.15, 0.2) is 0 Å². The Morgan fingerprint density at radius 1 is 1.15 bits per heavy atom. The highest BCUT2D eigenvalue weighted by Crippen LogP contribution is 2.24. The monoisotopic (exact) mass is 305 g/mol. The first-order chi connectivity index (χ1) is 9.61. The molecular formula is C15H31NO3S. The zero-order valence-electron chi connectivity index (χ0n) is 13.1. The van der Waals surface area contributed by atoms with E-state index in [-0.39, 0.29) is 17.0 Å². The zero-order valence-corrected chi connectivity index (χ0v) is 13.9. The van der Waals surface area contributed by atoms with Crippen molar-refractivity contribution in [3.8, 4) is 0 Å². The van der Waals surface area contributed by atoms with Gasteiger partial charge in [0.25, 0.3) is 0 Å². The minimum Gasteiger partial charge on any atom is -0.385 e. The fourth-order valence-corrected chi connectivity index (χ4v) is 5.08. The van der Waals surface area contributed by atoms with Crippen LogP contribution in [-0.2, 0) is 14.6 Å². The van der Waals surface area contributed by atoms with Crippen molar-refractivity contribution in [1.29, 1.82) is 0 Å². The van der Waals surface area contributed by atoms with Gasteiger partial charge in [-0.15, -0.1) is 0 Å². The smallest absolute Gasteiger partial charge is 0.154 e. The van der Waals surface area contributed by atoms with Crippen molar-refractivity contribution in [3.63, 3.8) is 0 Å². The topological polar surface area (TPSA) is 55.4 Å². The van der Waals surface area contributed by atoms with E-state index in [1.807, 2.05) is 0 Å². The highest BCUT2D eigenvalue weighted by molar-refractivity contribution is 7.92. The Labute approximate surface area is 124 Å². The van der Waals surface area contributed by atoms with E-state index in [1.165, 1.54) is 12.8 Å². The lowest BCUT2D eigenvalue weighted by molar-refractivity contribution is 0.199. The molecule has 1 rings (SSSR count). The maximum atomic E-state index is 12.6. The van der Waals surface area contributed by atoms with Gasteiger partial charge in [-0.05, 0) is 32.2 Å². The molecule has 0 radical (unpaired) electrons. The van der Waals surface area contributed by atoms with E-state index < -0.39 is 9.84 Å². The molecule has 1 aliphatic carbocycles. The number of methoxy groups -OCH3 is 1. The predicted molar refractivity (Wildman–Crippen MR) is 83.9 cm³/mol. The average molecular weight is 305 g/mol. The summed E-state index contributed by atoms with van der Waals surface area (Å²) in [4.78, 5) is 0. The van der Waals surface area contributed by atoms with Gasteiger partial charge in [-0.1, -0.05) is 32.6 Å². The summed E-state index contributed by atoms with van der Waals surface area (Å²) in [5, 5.41) is 3.27. The Hall–Kier alpha value is -0.130. The standard InChI is InChI=1S/C15H31NO3S/c1-3-11-16-14-9-6-4-5-7-10-15(14)20(17,18)13-8-12-19-2/h14-16H,3-13H2,1-2H3. The predicted octanol–water partition coefficient (Wildman–Crippen LogP) is 2.53. The van der Waals surface area contributed by atoms with Gasteiger partial charge in [-0.3, -0.25) is 0 Å². The Kier molecular flexibility index (Phi) is 8.73. The lowest BCUT2D eigenvalue weighted by atomic mass is 9.96. The number of sulfone groups is 1. The fourth-order valence-electron chi connectivity index (χ4n) is 3.00. The van der Waals surface area contributed by atoms with E-state index in [4.69, 9.17) is 4.74 Å². The molecule has 1 aliphatic rings. The second-order valence-electron chi connectivity index (χ2n) is 5.80. The molecule has 1 fully saturated rings. The van der Waals surface area contributed by atoms with Gasteiger partial charge >= 0.3 is 0 Å². The van der Waals surface area contributed by atoms with Gasteiger partial charge < -0.3 is 10.1 Å². The zero-order chi connectivity index (χ0) is 14.8. The lowest BCUT2D eigenvalue weighted by Crippen LogP contribution is -2.46. The highest BCUT2D eigenvalue weighted by Gasteiger charge is 2.32. The molecule has 0 spiro atoms. The molecule has 0 aromatic heterocycles. The molecule has 0 aromatic rings. The number of ether oxygens (including phenoxy) is 1. The first-order valence-electron chi connectivity index (χ1n) is 8.05. The molecule has 1 saturated carbocycles. The highest BCUT2D eigenvalue weighted by atomic mass is 32.2. The summed E-state index contributed by atoms with van der Waals surface area (Å²) in [6.07, 6.45) is 8.06. The molecule has 120 valence electrons. The molecule has 0 heterocycles. The van der Waals surface area contributed by atoms with Crippen molar-refractivity contribution in [2.24, 2.45) is 0 Å². The number of hydrogen-bond acceptors (Lipinski definition) is 4. The molecule has 1 N–H and O–H groups in total. The molecule has 20 heavy (non-hydrogen) atoms. The summed E-state index contributed by atoms with van der Waals surface area (Å²) in [6.45, 7) is 3.56. The van der Waals surface area contributed by atoms with Crippen LogP contribution in [0.5, 0.6) is 0 Å². The van der Waals surface area contributed by atoms with Crippen LogP contribution in [0.1, 0.15) is 58.3 Å². The van der Waals surface area contributed by atoms with E-state index >= 15 is 0 Å². The maximum Gasteiger partial charge on any atom is 0.154 e. The Balaban J connectivity index is 2.70. The summed E-state index contributed by atoms with van der Waals surface area (Å²) in [5.41, 5.74) is 0. The third-order valence-electron chi connectivity index (χ3n) is 4.10. The summed E-state index contributed by atoms with van der Waals surface area (Å²) < 4.78 is 30.2. The van der Waals surface area contributed by atoms with Gasteiger partial charge in [-0.25, -0.2) is 8.42 Å². The molecule has 0 bridgehead atoms. The van der Waals surface area contributed by atoms with Gasteiger partial charge in [0.15, 0.2) is 9.84 Å². The van der Waals surface area contributed by atoms with Gasteiger partial charge in [0.05, 0.1) is 11.0 Å². The van der Waals surface area contributed by atoms with Gasteiger partial charge in [-0.2, -0.15) is 0 Å². The maximum absolute atomic E-state index is 12.6. The van der Waals surface area contributed by atoms with Crippen molar-refractivity contribution in [3.05, 3.63) is 0 Å². The Bertz CT molecular complexity index is 341. The van der Waals surface area contributed by atoms with Crippen LogP contribution in [0.25, 0.3) is 0 Å². The first-order valence-corrected chi connectivity index (χ1v) is 9.77. The van der Waals surface area contributed by atoms with Crippen LogP contribution >= 0.6 is 0 Å². The van der Waals surface area contributed by atoms with E-state index in [0.29, 0.717) is 13.0 Å². The molecule has 0 aromatic carbocycles. The Morgan fingerprint density at radius 3 is 2.50 bits per heavy atom. The summed E-state index contributed by atoms with van der Waals surface area (Å²) in [7, 11) is -1.40. The van der Waals surface area contributed by atoms with Crippen molar-refractivity contribution < 1.29 is 13.2 Å². The molecule has 2 unspecified atom stereocenters. The normalized spacial score (nSPS) is 25.1. The summed E-state index contributed by atoms with van der Waals surface area (Å²) in [6, 6.07) is 0.141. The molecule has 0 aliphatic heterocycles. The average Bonchev–Trinajstić information content (AvgIpc) is 2.37. The number of rotatable bonds is 8. The third-order valence-corrected chi connectivity index (χ3v) is 6.44. The van der Waals surface area contributed by atoms with Crippen LogP contribution in [0, 0.1) is 0 Å². The largest absolute Gasteiger partial charge is 0.385 e. The molecule has 0 amide bonds. The Morgan fingerprint density at radius 2 is 1.85 bits per heavy atom. The van der Waals surface area contributed by atoms with Crippen LogP contribution in [0.3, 0.4) is 0 Å². The van der Waals surface area contributed by atoms with Crippen molar-refractivity contribution in [1.82, 2.24) is 5.32 Å². The van der Waals surface area contributed by atoms with Crippen LogP contribution in [-0.4, -0.2) is 45.7 Å². The fraction of sp³-hybridized carbons (Fsp3) is 1.00. The number of hydrogen-bond donors (Lipinski definition) is 1. The van der Waals surface area contributed by atoms with Crippen molar-refractivity contribution in [2.75, 3.05) is 26.0 Å². The molecule has 2 atom stereocenters. The van der Waals surface area contributed by atoms with Gasteiger partial charge in [0.2, 0.25) is 0 Å². The quantitative estimate of drug-likeness (QED) is 0.700. The molecular weight excluding hydrogens is 274 g/mol. The van der Waals surface area contributed by atoms with E-state index in [9.17, 15) is 8.42 Å². The van der Waals surface area contributed by atoms with E-state index in [1.54, 1.807) is 7.11 Å². The van der Waals surface area contributed by atoms with Crippen molar-refractivity contribution in [2.45, 2.75) is 69.6 Å². The minimum atomic E-state index is -3.02. The molecule has 5 heteroatoms. The summed E-state index contributed by atoms with van der Waals surface area (Å²) >= 11 is 0.